The third kappa shape index (κ3) is 3.76. The molecule has 7 heteroatoms. The standard InChI is InChI=1S/C18H18BrN5O/c1-11-5-4-6-12(2)16(11)20-18(25)13(3)24-22-17(21-23-24)14-7-9-15(19)10-8-14/h4-10,13H,1-3H3,(H,20,25). The monoisotopic (exact) mass is 399 g/mol. The highest BCUT2D eigenvalue weighted by Crippen LogP contribution is 2.21. The van der Waals surface area contributed by atoms with Crippen LogP contribution in [0.3, 0.4) is 0 Å². The van der Waals surface area contributed by atoms with Gasteiger partial charge in [-0.05, 0) is 61.4 Å². The highest BCUT2D eigenvalue weighted by atomic mass is 79.9. The second-order valence-electron chi connectivity index (χ2n) is 5.87. The topological polar surface area (TPSA) is 72.7 Å². The van der Waals surface area contributed by atoms with Crippen molar-refractivity contribution in [3.8, 4) is 11.4 Å². The molecule has 128 valence electrons. The number of benzene rings is 2. The summed E-state index contributed by atoms with van der Waals surface area (Å²) < 4.78 is 0.977. The zero-order chi connectivity index (χ0) is 18.0. The molecule has 0 saturated heterocycles. The SMILES string of the molecule is Cc1cccc(C)c1NC(=O)C(C)n1nnc(-c2ccc(Br)cc2)n1. The summed E-state index contributed by atoms with van der Waals surface area (Å²) in [4.78, 5) is 13.9. The molecule has 0 saturated carbocycles. The molecule has 0 fully saturated rings. The highest BCUT2D eigenvalue weighted by Gasteiger charge is 2.20. The Morgan fingerprint density at radius 2 is 1.76 bits per heavy atom. The van der Waals surface area contributed by atoms with Crippen LogP contribution in [-0.4, -0.2) is 26.1 Å². The van der Waals surface area contributed by atoms with Gasteiger partial charge in [0, 0.05) is 15.7 Å². The maximum Gasteiger partial charge on any atom is 0.250 e. The van der Waals surface area contributed by atoms with Crippen LogP contribution in [0.1, 0.15) is 24.1 Å². The second kappa shape index (κ2) is 7.14. The van der Waals surface area contributed by atoms with Crippen LogP contribution >= 0.6 is 15.9 Å². The molecule has 0 aliphatic carbocycles. The number of halogens is 1. The Hall–Kier alpha value is -2.54. The van der Waals surface area contributed by atoms with Crippen LogP contribution in [0, 0.1) is 13.8 Å². The van der Waals surface area contributed by atoms with Gasteiger partial charge in [-0.25, -0.2) is 0 Å². The van der Waals surface area contributed by atoms with Crippen molar-refractivity contribution in [3.63, 3.8) is 0 Å². The molecule has 3 aromatic rings. The van der Waals surface area contributed by atoms with Crippen molar-refractivity contribution in [1.82, 2.24) is 20.2 Å². The smallest absolute Gasteiger partial charge is 0.250 e. The first kappa shape index (κ1) is 17.3. The lowest BCUT2D eigenvalue weighted by molar-refractivity contribution is -0.119. The predicted molar refractivity (Wildman–Crippen MR) is 100 cm³/mol. The fourth-order valence-electron chi connectivity index (χ4n) is 2.45. The molecule has 0 aliphatic rings. The lowest BCUT2D eigenvalue weighted by Gasteiger charge is -2.14. The third-order valence-electron chi connectivity index (χ3n) is 3.99. The molecule has 3 rings (SSSR count). The van der Waals surface area contributed by atoms with Gasteiger partial charge in [-0.1, -0.05) is 34.1 Å². The van der Waals surface area contributed by atoms with E-state index in [1.54, 1.807) is 6.92 Å². The third-order valence-corrected chi connectivity index (χ3v) is 4.51. The Morgan fingerprint density at radius 3 is 2.40 bits per heavy atom. The molecule has 0 spiro atoms. The molecule has 25 heavy (non-hydrogen) atoms. The maximum absolute atomic E-state index is 12.6. The van der Waals surface area contributed by atoms with Crippen LogP contribution in [0.25, 0.3) is 11.4 Å². The van der Waals surface area contributed by atoms with E-state index in [0.29, 0.717) is 5.82 Å². The summed E-state index contributed by atoms with van der Waals surface area (Å²) in [6, 6.07) is 12.9. The van der Waals surface area contributed by atoms with E-state index in [1.807, 2.05) is 56.3 Å². The number of aryl methyl sites for hydroxylation is 2. The number of aromatic nitrogens is 4. The summed E-state index contributed by atoms with van der Waals surface area (Å²) in [5.41, 5.74) is 3.70. The van der Waals surface area contributed by atoms with E-state index in [1.165, 1.54) is 4.80 Å². The lowest BCUT2D eigenvalue weighted by atomic mass is 10.1. The Kier molecular flexibility index (Phi) is 4.94. The van der Waals surface area contributed by atoms with Crippen LogP contribution in [0.4, 0.5) is 5.69 Å². The maximum atomic E-state index is 12.6. The largest absolute Gasteiger partial charge is 0.324 e. The van der Waals surface area contributed by atoms with Crippen molar-refractivity contribution in [2.75, 3.05) is 5.32 Å². The van der Waals surface area contributed by atoms with E-state index < -0.39 is 6.04 Å². The highest BCUT2D eigenvalue weighted by molar-refractivity contribution is 9.10. The van der Waals surface area contributed by atoms with E-state index >= 15 is 0 Å². The van der Waals surface area contributed by atoms with Crippen LogP contribution in [0.2, 0.25) is 0 Å². The fourth-order valence-corrected chi connectivity index (χ4v) is 2.71. The Labute approximate surface area is 154 Å². The molecule has 1 unspecified atom stereocenters. The molecule has 0 radical (unpaired) electrons. The van der Waals surface area contributed by atoms with Crippen molar-refractivity contribution in [3.05, 3.63) is 58.1 Å². The van der Waals surface area contributed by atoms with E-state index in [-0.39, 0.29) is 5.91 Å². The summed E-state index contributed by atoms with van der Waals surface area (Å²) in [6.45, 7) is 5.68. The number of tetrazole rings is 1. The van der Waals surface area contributed by atoms with Gasteiger partial charge < -0.3 is 5.32 Å². The Morgan fingerprint density at radius 1 is 1.12 bits per heavy atom. The minimum absolute atomic E-state index is 0.183. The van der Waals surface area contributed by atoms with Gasteiger partial charge in [-0.3, -0.25) is 4.79 Å². The zero-order valence-electron chi connectivity index (χ0n) is 14.2. The van der Waals surface area contributed by atoms with Crippen molar-refractivity contribution in [2.24, 2.45) is 0 Å². The molecule has 1 N–H and O–H groups in total. The van der Waals surface area contributed by atoms with Crippen molar-refractivity contribution >= 4 is 27.5 Å². The number of hydrogen-bond acceptors (Lipinski definition) is 4. The molecule has 1 amide bonds. The van der Waals surface area contributed by atoms with Gasteiger partial charge in [-0.2, -0.15) is 4.80 Å². The van der Waals surface area contributed by atoms with E-state index in [4.69, 9.17) is 0 Å². The molecule has 0 aliphatic heterocycles. The average Bonchev–Trinajstić information content (AvgIpc) is 3.08. The number of carbonyl (C=O) groups excluding carboxylic acids is 1. The summed E-state index contributed by atoms with van der Waals surface area (Å²) in [5.74, 6) is 0.302. The second-order valence-corrected chi connectivity index (χ2v) is 6.79. The van der Waals surface area contributed by atoms with E-state index in [2.05, 4.69) is 36.7 Å². The first-order chi connectivity index (χ1) is 12.0. The number of rotatable bonds is 4. The van der Waals surface area contributed by atoms with Gasteiger partial charge >= 0.3 is 0 Å². The Balaban J connectivity index is 1.78. The van der Waals surface area contributed by atoms with Crippen LogP contribution < -0.4 is 5.32 Å². The normalized spacial score (nSPS) is 12.0. The van der Waals surface area contributed by atoms with Crippen LogP contribution in [-0.2, 0) is 4.79 Å². The summed E-state index contributed by atoms with van der Waals surface area (Å²) >= 11 is 3.39. The van der Waals surface area contributed by atoms with E-state index in [9.17, 15) is 4.79 Å². The predicted octanol–water partition coefficient (Wildman–Crippen LogP) is 3.92. The molecule has 6 nitrogen and oxygen atoms in total. The minimum Gasteiger partial charge on any atom is -0.324 e. The molecule has 2 aromatic carbocycles. The molecule has 0 bridgehead atoms. The van der Waals surface area contributed by atoms with Crippen LogP contribution in [0.5, 0.6) is 0 Å². The summed E-state index contributed by atoms with van der Waals surface area (Å²) in [7, 11) is 0. The summed E-state index contributed by atoms with van der Waals surface area (Å²) in [6.07, 6.45) is 0. The number of carbonyl (C=O) groups is 1. The molecular weight excluding hydrogens is 382 g/mol. The number of para-hydroxylation sites is 1. The molecule has 1 atom stereocenters. The number of hydrogen-bond donors (Lipinski definition) is 1. The van der Waals surface area contributed by atoms with Crippen molar-refractivity contribution < 1.29 is 4.79 Å². The zero-order valence-corrected chi connectivity index (χ0v) is 15.8. The fraction of sp³-hybridized carbons (Fsp3) is 0.222. The van der Waals surface area contributed by atoms with Crippen molar-refractivity contribution in [1.29, 1.82) is 0 Å². The number of nitrogens with zero attached hydrogens (tertiary/aromatic N) is 4. The Bertz CT molecular complexity index is 884. The quantitative estimate of drug-likeness (QED) is 0.721. The molecule has 1 aromatic heterocycles. The van der Waals surface area contributed by atoms with Gasteiger partial charge in [0.2, 0.25) is 5.82 Å². The number of nitrogens with one attached hydrogen (secondary N) is 1. The first-order valence-electron chi connectivity index (χ1n) is 7.88. The van der Waals surface area contributed by atoms with Gasteiger partial charge in [0.05, 0.1) is 0 Å². The first-order valence-corrected chi connectivity index (χ1v) is 8.67. The lowest BCUT2D eigenvalue weighted by Crippen LogP contribution is -2.26. The minimum atomic E-state index is -0.573. The van der Waals surface area contributed by atoms with Crippen molar-refractivity contribution in [2.45, 2.75) is 26.8 Å². The molecule has 1 heterocycles. The van der Waals surface area contributed by atoms with Crippen LogP contribution in [0.15, 0.2) is 46.9 Å². The van der Waals surface area contributed by atoms with Gasteiger partial charge in [0.25, 0.3) is 5.91 Å². The number of anilines is 1. The van der Waals surface area contributed by atoms with Gasteiger partial charge in [0.1, 0.15) is 6.04 Å². The van der Waals surface area contributed by atoms with Gasteiger partial charge in [0.15, 0.2) is 0 Å². The average molecular weight is 400 g/mol. The van der Waals surface area contributed by atoms with E-state index in [0.717, 1.165) is 26.9 Å². The summed E-state index contributed by atoms with van der Waals surface area (Å²) in [5, 5.41) is 15.4. The molecular formula is C18H18BrN5O. The van der Waals surface area contributed by atoms with Gasteiger partial charge in [-0.15, -0.1) is 10.2 Å². The number of amides is 1.